The van der Waals surface area contributed by atoms with Crippen LogP contribution >= 0.6 is 24.0 Å². The number of hydrogen-bond donors (Lipinski definition) is 2. The van der Waals surface area contributed by atoms with Crippen LogP contribution in [0.4, 0.5) is 4.39 Å². The molecular formula is C22H31FIN3O3. The second-order valence-electron chi connectivity index (χ2n) is 6.53. The van der Waals surface area contributed by atoms with E-state index in [1.807, 2.05) is 32.0 Å². The van der Waals surface area contributed by atoms with Gasteiger partial charge in [0.1, 0.15) is 17.3 Å². The van der Waals surface area contributed by atoms with E-state index in [1.54, 1.807) is 33.5 Å². The molecule has 0 aliphatic heterocycles. The molecule has 1 unspecified atom stereocenters. The van der Waals surface area contributed by atoms with Crippen LogP contribution in [0.15, 0.2) is 41.4 Å². The van der Waals surface area contributed by atoms with E-state index in [0.717, 1.165) is 22.6 Å². The van der Waals surface area contributed by atoms with Crippen molar-refractivity contribution in [2.75, 3.05) is 27.9 Å². The van der Waals surface area contributed by atoms with Gasteiger partial charge >= 0.3 is 0 Å². The minimum Gasteiger partial charge on any atom is -0.497 e. The molecule has 8 heteroatoms. The van der Waals surface area contributed by atoms with E-state index in [9.17, 15) is 4.39 Å². The van der Waals surface area contributed by atoms with Crippen LogP contribution in [0.5, 0.6) is 11.5 Å². The Balaban J connectivity index is 0.00000450. The standard InChI is InChI=1S/C22H30FN3O3.HI/c1-6-24-22(25-13-16-7-9-20(23)17(11-16)14-27-3)26-15(2)19-12-18(28-4)8-10-21(19)29-5;/h7-12,15H,6,13-14H2,1-5H3,(H2,24,25,26);1H. The second kappa shape index (κ2) is 13.3. The smallest absolute Gasteiger partial charge is 0.192 e. The molecule has 0 fully saturated rings. The second-order valence-corrected chi connectivity index (χ2v) is 6.53. The lowest BCUT2D eigenvalue weighted by molar-refractivity contribution is 0.181. The van der Waals surface area contributed by atoms with Crippen molar-refractivity contribution in [1.29, 1.82) is 0 Å². The van der Waals surface area contributed by atoms with E-state index in [0.29, 0.717) is 24.6 Å². The van der Waals surface area contributed by atoms with Crippen LogP contribution < -0.4 is 20.1 Å². The van der Waals surface area contributed by atoms with Crippen LogP contribution in [0, 0.1) is 5.82 Å². The number of hydrogen-bond acceptors (Lipinski definition) is 4. The molecule has 0 spiro atoms. The van der Waals surface area contributed by atoms with Crippen LogP contribution in [-0.2, 0) is 17.9 Å². The monoisotopic (exact) mass is 531 g/mol. The first-order chi connectivity index (χ1) is 14.0. The van der Waals surface area contributed by atoms with Crippen molar-refractivity contribution in [1.82, 2.24) is 10.6 Å². The lowest BCUT2D eigenvalue weighted by atomic mass is 10.1. The fourth-order valence-electron chi connectivity index (χ4n) is 2.94. The average molecular weight is 531 g/mol. The summed E-state index contributed by atoms with van der Waals surface area (Å²) in [5, 5.41) is 6.63. The summed E-state index contributed by atoms with van der Waals surface area (Å²) in [7, 11) is 4.82. The predicted octanol–water partition coefficient (Wildman–Crippen LogP) is 4.42. The maximum absolute atomic E-state index is 13.8. The highest BCUT2D eigenvalue weighted by atomic mass is 127. The third-order valence-corrected chi connectivity index (χ3v) is 4.43. The zero-order valence-corrected chi connectivity index (χ0v) is 20.5. The fourth-order valence-corrected chi connectivity index (χ4v) is 2.94. The minimum atomic E-state index is -0.275. The quantitative estimate of drug-likeness (QED) is 0.285. The van der Waals surface area contributed by atoms with Gasteiger partial charge in [-0.1, -0.05) is 6.07 Å². The predicted molar refractivity (Wildman–Crippen MR) is 128 cm³/mol. The van der Waals surface area contributed by atoms with E-state index in [-0.39, 0.29) is 42.4 Å². The molecule has 0 radical (unpaired) electrons. The molecule has 0 aliphatic rings. The molecule has 0 amide bonds. The zero-order valence-electron chi connectivity index (χ0n) is 18.1. The molecule has 0 aliphatic carbocycles. The maximum atomic E-state index is 13.8. The van der Waals surface area contributed by atoms with E-state index >= 15 is 0 Å². The Morgan fingerprint density at radius 3 is 2.50 bits per heavy atom. The zero-order chi connectivity index (χ0) is 21.2. The molecule has 0 saturated heterocycles. The van der Waals surface area contributed by atoms with Gasteiger partial charge in [-0.15, -0.1) is 24.0 Å². The lowest BCUT2D eigenvalue weighted by Gasteiger charge is -2.21. The topological polar surface area (TPSA) is 64.1 Å². The van der Waals surface area contributed by atoms with Crippen molar-refractivity contribution >= 4 is 29.9 Å². The highest BCUT2D eigenvalue weighted by Crippen LogP contribution is 2.29. The lowest BCUT2D eigenvalue weighted by Crippen LogP contribution is -2.38. The average Bonchev–Trinajstić information content (AvgIpc) is 2.73. The van der Waals surface area contributed by atoms with E-state index in [2.05, 4.69) is 15.6 Å². The molecule has 0 heterocycles. The summed E-state index contributed by atoms with van der Waals surface area (Å²) in [6.07, 6.45) is 0. The van der Waals surface area contributed by atoms with Gasteiger partial charge < -0.3 is 24.8 Å². The molecule has 0 saturated carbocycles. The number of methoxy groups -OCH3 is 3. The number of rotatable bonds is 9. The van der Waals surface area contributed by atoms with Crippen LogP contribution in [0.25, 0.3) is 0 Å². The third-order valence-electron chi connectivity index (χ3n) is 4.43. The van der Waals surface area contributed by atoms with E-state index in [1.165, 1.54) is 6.07 Å². The van der Waals surface area contributed by atoms with Gasteiger partial charge in [-0.25, -0.2) is 9.38 Å². The van der Waals surface area contributed by atoms with Crippen molar-refractivity contribution < 1.29 is 18.6 Å². The first-order valence-corrected chi connectivity index (χ1v) is 9.55. The Hall–Kier alpha value is -2.07. The highest BCUT2D eigenvalue weighted by Gasteiger charge is 2.14. The van der Waals surface area contributed by atoms with Crippen molar-refractivity contribution in [3.05, 3.63) is 58.9 Å². The molecule has 0 aromatic heterocycles. The summed E-state index contributed by atoms with van der Waals surface area (Å²) in [5.41, 5.74) is 2.39. The summed E-state index contributed by atoms with van der Waals surface area (Å²) < 4.78 is 29.7. The summed E-state index contributed by atoms with van der Waals surface area (Å²) in [6.45, 7) is 5.39. The first-order valence-electron chi connectivity index (χ1n) is 9.55. The molecule has 6 nitrogen and oxygen atoms in total. The van der Waals surface area contributed by atoms with Gasteiger partial charge in [0.05, 0.1) is 33.4 Å². The number of nitrogens with one attached hydrogen (secondary N) is 2. The summed E-state index contributed by atoms with van der Waals surface area (Å²) in [6, 6.07) is 10.6. The molecule has 166 valence electrons. The Kier molecular flexibility index (Phi) is 11.5. The molecule has 2 aromatic rings. The van der Waals surface area contributed by atoms with Crippen LogP contribution in [-0.4, -0.2) is 33.8 Å². The van der Waals surface area contributed by atoms with E-state index in [4.69, 9.17) is 14.2 Å². The van der Waals surface area contributed by atoms with Crippen LogP contribution in [0.2, 0.25) is 0 Å². The van der Waals surface area contributed by atoms with Gasteiger partial charge in [-0.3, -0.25) is 0 Å². The largest absolute Gasteiger partial charge is 0.497 e. The fraction of sp³-hybridized carbons (Fsp3) is 0.409. The highest BCUT2D eigenvalue weighted by molar-refractivity contribution is 14.0. The number of ether oxygens (including phenoxy) is 3. The van der Waals surface area contributed by atoms with Gasteiger partial charge in [0, 0.05) is 24.8 Å². The Bertz CT molecular complexity index is 833. The first kappa shape index (κ1) is 26.0. The molecule has 2 N–H and O–H groups in total. The van der Waals surface area contributed by atoms with Crippen LogP contribution in [0.3, 0.4) is 0 Å². The Morgan fingerprint density at radius 1 is 1.10 bits per heavy atom. The maximum Gasteiger partial charge on any atom is 0.192 e. The van der Waals surface area contributed by atoms with Crippen molar-refractivity contribution in [2.24, 2.45) is 4.99 Å². The van der Waals surface area contributed by atoms with Gasteiger partial charge in [-0.05, 0) is 49.7 Å². The molecule has 2 aromatic carbocycles. The number of halogens is 2. The van der Waals surface area contributed by atoms with Gasteiger partial charge in [0.25, 0.3) is 0 Å². The van der Waals surface area contributed by atoms with Gasteiger partial charge in [-0.2, -0.15) is 0 Å². The molecule has 0 bridgehead atoms. The molecular weight excluding hydrogens is 500 g/mol. The Labute approximate surface area is 195 Å². The van der Waals surface area contributed by atoms with Crippen molar-refractivity contribution in [2.45, 2.75) is 33.0 Å². The number of nitrogens with zero attached hydrogens (tertiary/aromatic N) is 1. The Morgan fingerprint density at radius 2 is 1.87 bits per heavy atom. The van der Waals surface area contributed by atoms with Crippen molar-refractivity contribution in [3.63, 3.8) is 0 Å². The molecule has 30 heavy (non-hydrogen) atoms. The summed E-state index contributed by atoms with van der Waals surface area (Å²) >= 11 is 0. The summed E-state index contributed by atoms with van der Waals surface area (Å²) in [5.74, 6) is 1.91. The normalized spacial score (nSPS) is 12.0. The van der Waals surface area contributed by atoms with Crippen LogP contribution in [0.1, 0.15) is 36.6 Å². The minimum absolute atomic E-state index is 0. The third kappa shape index (κ3) is 7.32. The number of guanidine groups is 1. The molecule has 2 rings (SSSR count). The van der Waals surface area contributed by atoms with Gasteiger partial charge in [0.2, 0.25) is 0 Å². The number of benzene rings is 2. The van der Waals surface area contributed by atoms with Gasteiger partial charge in [0.15, 0.2) is 5.96 Å². The van der Waals surface area contributed by atoms with E-state index < -0.39 is 0 Å². The number of aliphatic imine (C=N–C) groups is 1. The SMILES string of the molecule is CCNC(=NCc1ccc(F)c(COC)c1)NC(C)c1cc(OC)ccc1OC.I. The van der Waals surface area contributed by atoms with Crippen molar-refractivity contribution in [3.8, 4) is 11.5 Å². The molecule has 1 atom stereocenters. The summed E-state index contributed by atoms with van der Waals surface area (Å²) in [4.78, 5) is 4.64.